The van der Waals surface area contributed by atoms with Crippen molar-refractivity contribution in [2.45, 2.75) is 25.6 Å². The zero-order chi connectivity index (χ0) is 26.9. The molecule has 2 amide bonds. The van der Waals surface area contributed by atoms with Gasteiger partial charge in [0.15, 0.2) is 0 Å². The van der Waals surface area contributed by atoms with Crippen LogP contribution in [0, 0.1) is 5.82 Å². The molecule has 1 fully saturated rings. The second-order valence-electron chi connectivity index (χ2n) is 8.58. The highest BCUT2D eigenvalue weighted by Gasteiger charge is 2.38. The predicted octanol–water partition coefficient (Wildman–Crippen LogP) is 2.53. The summed E-state index contributed by atoms with van der Waals surface area (Å²) in [5, 5.41) is 21.5. The summed E-state index contributed by atoms with van der Waals surface area (Å²) >= 11 is 0. The maximum Gasteiger partial charge on any atom is 0.490 e. The van der Waals surface area contributed by atoms with Crippen molar-refractivity contribution in [1.82, 2.24) is 25.3 Å². The lowest BCUT2D eigenvalue weighted by Gasteiger charge is -2.34. The van der Waals surface area contributed by atoms with E-state index in [0.717, 1.165) is 37.3 Å². The number of hydrogen-bond donors (Lipinski definition) is 3. The number of urea groups is 1. The Kier molecular flexibility index (Phi) is 7.16. The summed E-state index contributed by atoms with van der Waals surface area (Å²) in [4.78, 5) is 31.6. The highest BCUT2D eigenvalue weighted by atomic mass is 19.4. The second kappa shape index (κ2) is 10.2. The molecule has 0 saturated carbocycles. The van der Waals surface area contributed by atoms with E-state index in [2.05, 4.69) is 37.6 Å². The number of alkyl halides is 3. The van der Waals surface area contributed by atoms with Crippen molar-refractivity contribution in [2.24, 2.45) is 7.05 Å². The number of halogens is 4. The number of carboxylic acid groups (broad SMARTS) is 1. The maximum atomic E-state index is 14.5. The summed E-state index contributed by atoms with van der Waals surface area (Å²) in [6.45, 7) is 5.41. The molecular formula is C22H24F4N8O3. The molecule has 5 rings (SSSR count). The van der Waals surface area contributed by atoms with E-state index < -0.39 is 24.0 Å². The summed E-state index contributed by atoms with van der Waals surface area (Å²) in [5.41, 5.74) is 3.22. The minimum atomic E-state index is -5.08. The fourth-order valence-electron chi connectivity index (χ4n) is 4.24. The monoisotopic (exact) mass is 524 g/mol. The number of carbonyl (C=O) groups excluding carboxylic acids is 1. The molecule has 3 aromatic rings. The maximum absolute atomic E-state index is 14.5. The number of carboxylic acids is 1. The molecule has 198 valence electrons. The normalized spacial score (nSPS) is 17.3. The topological polar surface area (TPSA) is 129 Å². The third-order valence-electron chi connectivity index (χ3n) is 5.86. The van der Waals surface area contributed by atoms with Crippen LogP contribution in [0.3, 0.4) is 0 Å². The Morgan fingerprint density at radius 2 is 1.86 bits per heavy atom. The molecule has 1 aromatic carbocycles. The Labute approximate surface area is 208 Å². The van der Waals surface area contributed by atoms with E-state index >= 15 is 0 Å². The van der Waals surface area contributed by atoms with Crippen molar-refractivity contribution >= 4 is 40.2 Å². The smallest absolute Gasteiger partial charge is 0.475 e. The number of aryl methyl sites for hydroxylation is 1. The van der Waals surface area contributed by atoms with Gasteiger partial charge in [-0.05, 0) is 25.5 Å². The van der Waals surface area contributed by atoms with Crippen LogP contribution in [0.15, 0.2) is 24.4 Å². The van der Waals surface area contributed by atoms with Crippen LogP contribution in [0.25, 0.3) is 11.0 Å². The summed E-state index contributed by atoms with van der Waals surface area (Å²) in [5.74, 6) is -2.67. The largest absolute Gasteiger partial charge is 0.490 e. The van der Waals surface area contributed by atoms with Crippen LogP contribution in [0.2, 0.25) is 0 Å². The Morgan fingerprint density at radius 3 is 2.51 bits per heavy atom. The Hall–Kier alpha value is -4.01. The molecule has 2 aliphatic rings. The van der Waals surface area contributed by atoms with Gasteiger partial charge in [0.2, 0.25) is 0 Å². The van der Waals surface area contributed by atoms with Crippen molar-refractivity contribution in [3.8, 4) is 0 Å². The molecule has 0 bridgehead atoms. The third-order valence-corrected chi connectivity index (χ3v) is 5.86. The molecular weight excluding hydrogens is 500 g/mol. The van der Waals surface area contributed by atoms with E-state index in [1.54, 1.807) is 18.1 Å². The standard InChI is InChI=1S/C20H23FN8O.C2HF3O2/c1-12-11-28(8-6-22-12)18-3-5-23-19-13(18)4-7-29(19)20(30)24-15-10-17-16(9-14(15)21)25-27(2)26-17;3-2(4,5)1(6)7/h3,5,9-10,12,22H,4,6-8,11H2,1-2H3,(H,24,30);(H,6,7)/t12-;/m1./s1. The van der Waals surface area contributed by atoms with Crippen LogP contribution in [-0.2, 0) is 18.3 Å². The molecule has 11 nitrogen and oxygen atoms in total. The number of carbonyl (C=O) groups is 2. The van der Waals surface area contributed by atoms with Gasteiger partial charge >= 0.3 is 18.2 Å². The number of amides is 2. The van der Waals surface area contributed by atoms with E-state index in [9.17, 15) is 22.4 Å². The highest BCUT2D eigenvalue weighted by Crippen LogP contribution is 2.34. The van der Waals surface area contributed by atoms with Crippen molar-refractivity contribution in [1.29, 1.82) is 0 Å². The third kappa shape index (κ3) is 5.71. The fourth-order valence-corrected chi connectivity index (χ4v) is 4.24. The molecule has 3 N–H and O–H groups in total. The lowest BCUT2D eigenvalue weighted by Crippen LogP contribution is -2.49. The van der Waals surface area contributed by atoms with Gasteiger partial charge in [-0.3, -0.25) is 4.90 Å². The van der Waals surface area contributed by atoms with Gasteiger partial charge in [0.05, 0.1) is 5.69 Å². The number of anilines is 3. The van der Waals surface area contributed by atoms with Gasteiger partial charge in [-0.2, -0.15) is 28.2 Å². The molecule has 1 saturated heterocycles. The number of rotatable bonds is 2. The van der Waals surface area contributed by atoms with Crippen molar-refractivity contribution < 1.29 is 32.3 Å². The van der Waals surface area contributed by atoms with Gasteiger partial charge < -0.3 is 20.6 Å². The molecule has 37 heavy (non-hydrogen) atoms. The van der Waals surface area contributed by atoms with Crippen LogP contribution in [0.4, 0.5) is 39.5 Å². The van der Waals surface area contributed by atoms with E-state index in [1.807, 2.05) is 6.07 Å². The summed E-state index contributed by atoms with van der Waals surface area (Å²) in [7, 11) is 1.67. The minimum absolute atomic E-state index is 0.0773. The van der Waals surface area contributed by atoms with E-state index in [0.29, 0.717) is 29.4 Å². The number of aromatic nitrogens is 4. The highest BCUT2D eigenvalue weighted by molar-refractivity contribution is 6.03. The summed E-state index contributed by atoms with van der Waals surface area (Å²) in [6, 6.07) is 4.78. The lowest BCUT2D eigenvalue weighted by atomic mass is 10.1. The Morgan fingerprint density at radius 1 is 1.19 bits per heavy atom. The molecule has 15 heteroatoms. The SMILES string of the molecule is C[C@@H]1CN(c2ccnc3c2CCN3C(=O)Nc2cc3nn(C)nc3cc2F)CCN1.O=C(O)C(F)(F)F. The summed E-state index contributed by atoms with van der Waals surface area (Å²) in [6.07, 6.45) is -2.63. The van der Waals surface area contributed by atoms with Gasteiger partial charge in [0, 0.05) is 62.8 Å². The Bertz CT molecular complexity index is 1330. The van der Waals surface area contributed by atoms with Crippen LogP contribution in [0.5, 0.6) is 0 Å². The van der Waals surface area contributed by atoms with Crippen molar-refractivity contribution in [3.63, 3.8) is 0 Å². The number of benzene rings is 1. The van der Waals surface area contributed by atoms with Gasteiger partial charge in [0.1, 0.15) is 22.7 Å². The average molecular weight is 524 g/mol. The minimum Gasteiger partial charge on any atom is -0.475 e. The first-order valence-corrected chi connectivity index (χ1v) is 11.3. The number of aliphatic carboxylic acids is 1. The van der Waals surface area contributed by atoms with E-state index in [-0.39, 0.29) is 5.69 Å². The number of piperazine rings is 1. The first-order chi connectivity index (χ1) is 17.4. The van der Waals surface area contributed by atoms with Crippen LogP contribution < -0.4 is 20.4 Å². The molecule has 0 aliphatic carbocycles. The predicted molar refractivity (Wildman–Crippen MR) is 126 cm³/mol. The quantitative estimate of drug-likeness (QED) is 0.437. The molecule has 0 radical (unpaired) electrons. The number of pyridine rings is 1. The van der Waals surface area contributed by atoms with Gasteiger partial charge in [-0.1, -0.05) is 0 Å². The van der Waals surface area contributed by atoms with Gasteiger partial charge in [-0.15, -0.1) is 0 Å². The van der Waals surface area contributed by atoms with Crippen LogP contribution in [-0.4, -0.2) is 75.5 Å². The van der Waals surface area contributed by atoms with Gasteiger partial charge in [0.25, 0.3) is 0 Å². The zero-order valence-electron chi connectivity index (χ0n) is 19.9. The number of fused-ring (bicyclic) bond motifs is 2. The number of nitrogens with one attached hydrogen (secondary N) is 2. The Balaban J connectivity index is 0.000000405. The molecule has 2 aliphatic heterocycles. The van der Waals surface area contributed by atoms with Crippen LogP contribution in [0.1, 0.15) is 12.5 Å². The number of hydrogen-bond acceptors (Lipinski definition) is 7. The zero-order valence-corrected chi connectivity index (χ0v) is 19.9. The second-order valence-corrected chi connectivity index (χ2v) is 8.58. The van der Waals surface area contributed by atoms with Gasteiger partial charge in [-0.25, -0.2) is 19.0 Å². The van der Waals surface area contributed by atoms with E-state index in [4.69, 9.17) is 9.90 Å². The first-order valence-electron chi connectivity index (χ1n) is 11.3. The molecule has 0 spiro atoms. The summed E-state index contributed by atoms with van der Waals surface area (Å²) < 4.78 is 46.2. The molecule has 2 aromatic heterocycles. The molecule has 0 unspecified atom stereocenters. The van der Waals surface area contributed by atoms with Crippen molar-refractivity contribution in [3.05, 3.63) is 35.8 Å². The van der Waals surface area contributed by atoms with Crippen molar-refractivity contribution in [2.75, 3.05) is 41.3 Å². The van der Waals surface area contributed by atoms with E-state index in [1.165, 1.54) is 16.9 Å². The molecule has 4 heterocycles. The molecule has 1 atom stereocenters. The first kappa shape index (κ1) is 26.1. The average Bonchev–Trinajstić information content (AvgIpc) is 3.41. The lowest BCUT2D eigenvalue weighted by molar-refractivity contribution is -0.192. The fraction of sp³-hybridized carbons (Fsp3) is 0.409. The van der Waals surface area contributed by atoms with Crippen LogP contribution >= 0.6 is 0 Å². The number of nitrogens with zero attached hydrogens (tertiary/aromatic N) is 6.